The SMILES string of the molecule is Cc1ccccc1N(CCCN)C(=O)c1c[nH]ccc1=O. The number of aromatic nitrogens is 1. The lowest BCUT2D eigenvalue weighted by atomic mass is 10.1. The van der Waals surface area contributed by atoms with Gasteiger partial charge in [-0.15, -0.1) is 0 Å². The van der Waals surface area contributed by atoms with E-state index in [1.165, 1.54) is 18.5 Å². The Kier molecular flexibility index (Phi) is 4.90. The summed E-state index contributed by atoms with van der Waals surface area (Å²) in [5, 5.41) is 0. The quantitative estimate of drug-likeness (QED) is 0.877. The number of pyridine rings is 1. The minimum atomic E-state index is -0.306. The molecule has 0 saturated heterocycles. The van der Waals surface area contributed by atoms with Crippen molar-refractivity contribution in [2.75, 3.05) is 18.0 Å². The molecule has 0 unspecified atom stereocenters. The van der Waals surface area contributed by atoms with Crippen molar-refractivity contribution in [1.82, 2.24) is 4.98 Å². The Hall–Kier alpha value is -2.40. The zero-order chi connectivity index (χ0) is 15.2. The van der Waals surface area contributed by atoms with Crippen molar-refractivity contribution < 1.29 is 4.79 Å². The summed E-state index contributed by atoms with van der Waals surface area (Å²) in [6, 6.07) is 8.96. The summed E-state index contributed by atoms with van der Waals surface area (Å²) in [6.45, 7) is 2.91. The molecule has 1 aromatic heterocycles. The van der Waals surface area contributed by atoms with E-state index in [1.54, 1.807) is 4.90 Å². The third-order valence-electron chi connectivity index (χ3n) is 3.29. The molecule has 2 rings (SSSR count). The van der Waals surface area contributed by atoms with Crippen molar-refractivity contribution in [2.45, 2.75) is 13.3 Å². The molecule has 1 aromatic carbocycles. The average Bonchev–Trinajstić information content (AvgIpc) is 2.49. The van der Waals surface area contributed by atoms with Gasteiger partial charge >= 0.3 is 0 Å². The monoisotopic (exact) mass is 285 g/mol. The molecule has 1 amide bonds. The van der Waals surface area contributed by atoms with Crippen molar-refractivity contribution in [3.8, 4) is 0 Å². The third kappa shape index (κ3) is 3.38. The van der Waals surface area contributed by atoms with E-state index in [-0.39, 0.29) is 16.9 Å². The molecule has 5 nitrogen and oxygen atoms in total. The van der Waals surface area contributed by atoms with Gasteiger partial charge in [-0.1, -0.05) is 18.2 Å². The van der Waals surface area contributed by atoms with Gasteiger partial charge in [-0.3, -0.25) is 9.59 Å². The van der Waals surface area contributed by atoms with Crippen LogP contribution in [-0.4, -0.2) is 24.0 Å². The third-order valence-corrected chi connectivity index (χ3v) is 3.29. The summed E-state index contributed by atoms with van der Waals surface area (Å²) >= 11 is 0. The second-order valence-corrected chi connectivity index (χ2v) is 4.81. The Bertz CT molecular complexity index is 679. The van der Waals surface area contributed by atoms with Crippen molar-refractivity contribution in [3.63, 3.8) is 0 Å². The molecule has 2 aromatic rings. The minimum absolute atomic E-state index is 0.137. The summed E-state index contributed by atoms with van der Waals surface area (Å²) in [5.41, 5.74) is 7.19. The van der Waals surface area contributed by atoms with Gasteiger partial charge in [-0.25, -0.2) is 0 Å². The van der Waals surface area contributed by atoms with Gasteiger partial charge in [0.2, 0.25) is 0 Å². The molecule has 21 heavy (non-hydrogen) atoms. The van der Waals surface area contributed by atoms with Gasteiger partial charge in [-0.2, -0.15) is 0 Å². The van der Waals surface area contributed by atoms with Gasteiger partial charge < -0.3 is 15.6 Å². The number of rotatable bonds is 5. The number of carbonyl (C=O) groups excluding carboxylic acids is 1. The van der Waals surface area contributed by atoms with E-state index < -0.39 is 0 Å². The maximum atomic E-state index is 12.7. The topological polar surface area (TPSA) is 79.2 Å². The number of carbonyl (C=O) groups is 1. The van der Waals surface area contributed by atoms with E-state index in [9.17, 15) is 9.59 Å². The summed E-state index contributed by atoms with van der Waals surface area (Å²) in [6.07, 6.45) is 3.63. The molecule has 5 heteroatoms. The van der Waals surface area contributed by atoms with Crippen LogP contribution >= 0.6 is 0 Å². The molecule has 0 aliphatic carbocycles. The maximum Gasteiger partial charge on any atom is 0.263 e. The van der Waals surface area contributed by atoms with Crippen LogP contribution in [0.4, 0.5) is 5.69 Å². The van der Waals surface area contributed by atoms with E-state index >= 15 is 0 Å². The van der Waals surface area contributed by atoms with Gasteiger partial charge in [0.25, 0.3) is 5.91 Å². The number of hydrogen-bond acceptors (Lipinski definition) is 3. The van der Waals surface area contributed by atoms with E-state index in [0.29, 0.717) is 19.5 Å². The fraction of sp³-hybridized carbons (Fsp3) is 0.250. The van der Waals surface area contributed by atoms with Gasteiger partial charge in [0.15, 0.2) is 5.43 Å². The van der Waals surface area contributed by atoms with Crippen LogP contribution in [0.25, 0.3) is 0 Å². The van der Waals surface area contributed by atoms with Crippen LogP contribution in [0.3, 0.4) is 0 Å². The van der Waals surface area contributed by atoms with Crippen molar-refractivity contribution >= 4 is 11.6 Å². The predicted molar refractivity (Wildman–Crippen MR) is 83.6 cm³/mol. The molecular weight excluding hydrogens is 266 g/mol. The van der Waals surface area contributed by atoms with Crippen LogP contribution in [0.1, 0.15) is 22.3 Å². The Morgan fingerprint density at radius 2 is 2.05 bits per heavy atom. The number of anilines is 1. The van der Waals surface area contributed by atoms with Crippen molar-refractivity contribution in [2.24, 2.45) is 5.73 Å². The summed E-state index contributed by atoms with van der Waals surface area (Å²) < 4.78 is 0. The number of aryl methyl sites for hydroxylation is 1. The standard InChI is InChI=1S/C16H19N3O2/c1-12-5-2-3-6-14(12)19(10-4-8-17)16(21)13-11-18-9-7-15(13)20/h2-3,5-7,9,11H,4,8,10,17H2,1H3,(H,18,20). The fourth-order valence-corrected chi connectivity index (χ4v) is 2.18. The van der Waals surface area contributed by atoms with E-state index in [4.69, 9.17) is 5.73 Å². The molecule has 0 atom stereocenters. The number of aromatic amines is 1. The van der Waals surface area contributed by atoms with Gasteiger partial charge in [0.05, 0.1) is 0 Å². The molecule has 1 heterocycles. The Morgan fingerprint density at radius 3 is 2.71 bits per heavy atom. The highest BCUT2D eigenvalue weighted by molar-refractivity contribution is 6.06. The normalized spacial score (nSPS) is 10.4. The number of nitrogens with zero attached hydrogens (tertiary/aromatic N) is 1. The van der Waals surface area contributed by atoms with Crippen LogP contribution in [0.2, 0.25) is 0 Å². The Morgan fingerprint density at radius 1 is 1.29 bits per heavy atom. The minimum Gasteiger partial charge on any atom is -0.367 e. The van der Waals surface area contributed by atoms with Gasteiger partial charge in [0.1, 0.15) is 5.56 Å². The fourth-order valence-electron chi connectivity index (χ4n) is 2.18. The lowest BCUT2D eigenvalue weighted by Crippen LogP contribution is -2.36. The molecule has 0 saturated carbocycles. The maximum absolute atomic E-state index is 12.7. The first-order chi connectivity index (χ1) is 10.1. The molecule has 3 N–H and O–H groups in total. The van der Waals surface area contributed by atoms with E-state index in [1.807, 2.05) is 31.2 Å². The lowest BCUT2D eigenvalue weighted by molar-refractivity contribution is 0.0985. The van der Waals surface area contributed by atoms with Crippen LogP contribution < -0.4 is 16.1 Å². The molecule has 0 aliphatic heterocycles. The Balaban J connectivity index is 2.41. The summed E-state index contributed by atoms with van der Waals surface area (Å²) in [4.78, 5) is 29.0. The highest BCUT2D eigenvalue weighted by Crippen LogP contribution is 2.21. The van der Waals surface area contributed by atoms with Gasteiger partial charge in [-0.05, 0) is 31.5 Å². The van der Waals surface area contributed by atoms with Crippen LogP contribution in [0.15, 0.2) is 47.5 Å². The molecule has 0 spiro atoms. The largest absolute Gasteiger partial charge is 0.367 e. The number of benzene rings is 1. The molecule has 0 bridgehead atoms. The average molecular weight is 285 g/mol. The highest BCUT2D eigenvalue weighted by atomic mass is 16.2. The number of amides is 1. The van der Waals surface area contributed by atoms with Crippen LogP contribution in [0.5, 0.6) is 0 Å². The van der Waals surface area contributed by atoms with E-state index in [2.05, 4.69) is 4.98 Å². The van der Waals surface area contributed by atoms with Crippen LogP contribution in [0, 0.1) is 6.92 Å². The molecule has 0 fully saturated rings. The van der Waals surface area contributed by atoms with Crippen molar-refractivity contribution in [1.29, 1.82) is 0 Å². The smallest absolute Gasteiger partial charge is 0.263 e. The second-order valence-electron chi connectivity index (χ2n) is 4.81. The first-order valence-electron chi connectivity index (χ1n) is 6.90. The summed E-state index contributed by atoms with van der Waals surface area (Å²) in [5.74, 6) is -0.306. The lowest BCUT2D eigenvalue weighted by Gasteiger charge is -2.24. The highest BCUT2D eigenvalue weighted by Gasteiger charge is 2.20. The molecule has 110 valence electrons. The number of nitrogens with one attached hydrogen (secondary N) is 1. The summed E-state index contributed by atoms with van der Waals surface area (Å²) in [7, 11) is 0. The number of hydrogen-bond donors (Lipinski definition) is 2. The number of H-pyrrole nitrogens is 1. The van der Waals surface area contributed by atoms with Crippen LogP contribution in [-0.2, 0) is 0 Å². The van der Waals surface area contributed by atoms with E-state index in [0.717, 1.165) is 11.3 Å². The number of nitrogens with two attached hydrogens (primary N) is 1. The zero-order valence-corrected chi connectivity index (χ0v) is 12.0. The number of para-hydroxylation sites is 1. The Labute approximate surface area is 123 Å². The first-order valence-corrected chi connectivity index (χ1v) is 6.90. The van der Waals surface area contributed by atoms with Crippen molar-refractivity contribution in [3.05, 3.63) is 64.1 Å². The zero-order valence-electron chi connectivity index (χ0n) is 12.0. The van der Waals surface area contributed by atoms with Gasteiger partial charge in [0, 0.05) is 30.7 Å². The second kappa shape index (κ2) is 6.85. The predicted octanol–water partition coefficient (Wildman–Crippen LogP) is 1.68. The molecule has 0 radical (unpaired) electrons. The first kappa shape index (κ1) is 15.0. The molecule has 0 aliphatic rings. The molecular formula is C16H19N3O2.